The van der Waals surface area contributed by atoms with Gasteiger partial charge in [-0.1, -0.05) is 0 Å². The second-order valence-corrected chi connectivity index (χ2v) is 9.63. The van der Waals surface area contributed by atoms with Crippen LogP contribution in [0.25, 0.3) is 5.03 Å². The van der Waals surface area contributed by atoms with Crippen LogP contribution in [0.15, 0.2) is 35.9 Å². The molecule has 0 aliphatic carbocycles. The molecule has 2 rings (SSSR count). The third-order valence-corrected chi connectivity index (χ3v) is 7.05. The van der Waals surface area contributed by atoms with E-state index in [0.717, 1.165) is 5.03 Å². The van der Waals surface area contributed by atoms with Gasteiger partial charge in [0, 0.05) is 0 Å². The van der Waals surface area contributed by atoms with Gasteiger partial charge in [-0.3, -0.25) is 0 Å². The summed E-state index contributed by atoms with van der Waals surface area (Å²) in [5.41, 5.74) is 2.69. The molecular formula is C13H16BClF4Se. The van der Waals surface area contributed by atoms with E-state index in [0.29, 0.717) is 0 Å². The van der Waals surface area contributed by atoms with Crippen LogP contribution >= 0.6 is 11.6 Å². The summed E-state index contributed by atoms with van der Waals surface area (Å²) in [6, 6.07) is 10.4. The molecular weight excluding hydrogens is 357 g/mol. The summed E-state index contributed by atoms with van der Waals surface area (Å²) < 4.78 is 39.0. The molecule has 1 aliphatic heterocycles. The summed E-state index contributed by atoms with van der Waals surface area (Å²) in [6.07, 6.45) is 2.56. The van der Waals surface area contributed by atoms with Crippen molar-refractivity contribution in [2.45, 2.75) is 29.3 Å². The fourth-order valence-corrected chi connectivity index (χ4v) is 5.90. The van der Waals surface area contributed by atoms with E-state index in [-0.39, 0.29) is 13.9 Å². The minimum absolute atomic E-state index is 0.347. The molecule has 0 spiro atoms. The predicted molar refractivity (Wildman–Crippen MR) is 79.9 cm³/mol. The second kappa shape index (κ2) is 8.11. The summed E-state index contributed by atoms with van der Waals surface area (Å²) in [6.45, 7) is 0. The van der Waals surface area contributed by atoms with Crippen LogP contribution < -0.4 is 0 Å². The Morgan fingerprint density at radius 3 is 2.20 bits per heavy atom. The zero-order chi connectivity index (χ0) is 15.2. The average molecular weight is 373 g/mol. The Balaban J connectivity index is 0.000000347. The molecule has 0 saturated carbocycles. The first-order valence-corrected chi connectivity index (χ1v) is 10.7. The van der Waals surface area contributed by atoms with Crippen molar-refractivity contribution in [2.24, 2.45) is 0 Å². The molecule has 1 atom stereocenters. The van der Waals surface area contributed by atoms with Crippen LogP contribution in [-0.2, 0) is 0 Å². The Bertz CT molecular complexity index is 441. The molecule has 0 bridgehead atoms. The summed E-state index contributed by atoms with van der Waals surface area (Å²) in [7, 11) is -6.00. The van der Waals surface area contributed by atoms with Gasteiger partial charge in [0.1, 0.15) is 0 Å². The van der Waals surface area contributed by atoms with Crippen LogP contribution in [0, 0.1) is 0 Å². The fourth-order valence-electron chi connectivity index (χ4n) is 1.94. The third-order valence-electron chi connectivity index (χ3n) is 2.73. The monoisotopic (exact) mass is 374 g/mol. The molecule has 0 nitrogen and oxygen atoms in total. The standard InChI is InChI=1S/C13H16ClSe.BF4/c1-15-9-5-8-12(10-15)13(14)11-6-3-2-4-7-11;2-1(3,4)5/h2-4,6-7H,5,8-10H2,1H3;/q+1;-1/b13-12-;. The zero-order valence-corrected chi connectivity index (χ0v) is 13.6. The average Bonchev–Trinajstić information content (AvgIpc) is 2.37. The Morgan fingerprint density at radius 2 is 1.70 bits per heavy atom. The molecule has 1 aromatic carbocycles. The molecule has 1 heterocycles. The molecule has 0 N–H and O–H groups in total. The number of allylic oxidation sites excluding steroid dienone is 1. The maximum absolute atomic E-state index is 9.75. The second-order valence-electron chi connectivity index (χ2n) is 4.51. The molecule has 0 radical (unpaired) electrons. The summed E-state index contributed by atoms with van der Waals surface area (Å²) in [5, 5.41) is 3.79. The number of hydrogen-bond donors (Lipinski definition) is 0. The molecule has 7 heteroatoms. The van der Waals surface area contributed by atoms with E-state index >= 15 is 0 Å². The Kier molecular flexibility index (Phi) is 7.14. The number of rotatable bonds is 1. The third kappa shape index (κ3) is 7.37. The summed E-state index contributed by atoms with van der Waals surface area (Å²) in [5.74, 6) is 2.44. The van der Waals surface area contributed by atoms with Crippen molar-refractivity contribution in [3.05, 3.63) is 41.5 Å². The molecule has 1 aliphatic rings. The normalized spacial score (nSPS) is 21.8. The minimum Gasteiger partial charge on any atom is -0.418 e. The van der Waals surface area contributed by atoms with Crippen LogP contribution in [0.3, 0.4) is 0 Å². The van der Waals surface area contributed by atoms with Gasteiger partial charge in [-0.25, -0.2) is 0 Å². The summed E-state index contributed by atoms with van der Waals surface area (Å²) >= 11 is 6.10. The minimum atomic E-state index is -6.00. The zero-order valence-electron chi connectivity index (χ0n) is 11.1. The first-order chi connectivity index (χ1) is 9.27. The molecule has 112 valence electrons. The van der Waals surface area contributed by atoms with Gasteiger partial charge in [0.15, 0.2) is 0 Å². The van der Waals surface area contributed by atoms with Crippen LogP contribution in [0.4, 0.5) is 17.3 Å². The van der Waals surface area contributed by atoms with Crippen LogP contribution in [0.1, 0.15) is 18.4 Å². The van der Waals surface area contributed by atoms with Crippen LogP contribution in [-0.4, -0.2) is 21.2 Å². The van der Waals surface area contributed by atoms with Gasteiger partial charge in [0.2, 0.25) is 0 Å². The van der Waals surface area contributed by atoms with Crippen LogP contribution in [0.5, 0.6) is 0 Å². The summed E-state index contributed by atoms with van der Waals surface area (Å²) in [4.78, 5) is 0. The van der Waals surface area contributed by atoms with E-state index < -0.39 is 7.25 Å². The van der Waals surface area contributed by atoms with Gasteiger partial charge >= 0.3 is 109 Å². The van der Waals surface area contributed by atoms with Crippen molar-refractivity contribution in [1.82, 2.24) is 0 Å². The van der Waals surface area contributed by atoms with E-state index in [4.69, 9.17) is 11.6 Å². The number of halogens is 5. The number of hydrogen-bond acceptors (Lipinski definition) is 0. The van der Waals surface area contributed by atoms with Crippen molar-refractivity contribution in [3.63, 3.8) is 0 Å². The van der Waals surface area contributed by atoms with Crippen molar-refractivity contribution in [1.29, 1.82) is 0 Å². The number of benzene rings is 1. The molecule has 1 saturated heterocycles. The van der Waals surface area contributed by atoms with E-state index in [1.54, 1.807) is 0 Å². The maximum Gasteiger partial charge on any atom is 0.673 e. The van der Waals surface area contributed by atoms with Gasteiger partial charge in [-0.05, 0) is 0 Å². The Morgan fingerprint density at radius 1 is 1.15 bits per heavy atom. The first-order valence-electron chi connectivity index (χ1n) is 6.17. The molecule has 0 amide bonds. The van der Waals surface area contributed by atoms with Crippen molar-refractivity contribution in [3.8, 4) is 0 Å². The van der Waals surface area contributed by atoms with Crippen molar-refractivity contribution >= 4 is 37.8 Å². The fraction of sp³-hybridized carbons (Fsp3) is 0.385. The van der Waals surface area contributed by atoms with Crippen LogP contribution in [0.2, 0.25) is 16.5 Å². The smallest absolute Gasteiger partial charge is 0.418 e. The van der Waals surface area contributed by atoms with Crippen molar-refractivity contribution < 1.29 is 17.3 Å². The van der Waals surface area contributed by atoms with Gasteiger partial charge in [0.05, 0.1) is 0 Å². The largest absolute Gasteiger partial charge is 0.673 e. The quantitative estimate of drug-likeness (QED) is 0.427. The molecule has 1 fully saturated rings. The van der Waals surface area contributed by atoms with E-state index in [1.165, 1.54) is 34.6 Å². The van der Waals surface area contributed by atoms with E-state index in [1.807, 2.05) is 6.07 Å². The van der Waals surface area contributed by atoms with Gasteiger partial charge in [-0.15, -0.1) is 0 Å². The van der Waals surface area contributed by atoms with E-state index in [2.05, 4.69) is 30.1 Å². The van der Waals surface area contributed by atoms with Crippen molar-refractivity contribution in [2.75, 3.05) is 0 Å². The molecule has 1 aromatic rings. The SMILES string of the molecule is C[Se+]1CCC/C(=C(/Cl)c2ccccc2)C1.F[B-](F)(F)F. The molecule has 1 unspecified atom stereocenters. The molecule has 20 heavy (non-hydrogen) atoms. The van der Waals surface area contributed by atoms with Gasteiger partial charge in [-0.2, -0.15) is 0 Å². The Labute approximate surface area is 126 Å². The first kappa shape index (κ1) is 17.6. The van der Waals surface area contributed by atoms with Gasteiger partial charge < -0.3 is 17.3 Å². The topological polar surface area (TPSA) is 0 Å². The Hall–Kier alpha value is -0.446. The van der Waals surface area contributed by atoms with Gasteiger partial charge in [0.25, 0.3) is 0 Å². The van der Waals surface area contributed by atoms with E-state index in [9.17, 15) is 17.3 Å². The molecule has 0 aromatic heterocycles. The maximum atomic E-state index is 9.75. The predicted octanol–water partition coefficient (Wildman–Crippen LogP) is 5.85.